The Bertz CT molecular complexity index is 381. The fraction of sp³-hybridized carbons (Fsp3) is 0.455. The van der Waals surface area contributed by atoms with E-state index in [4.69, 9.17) is 5.73 Å². The minimum Gasteiger partial charge on any atom is -0.323 e. The van der Waals surface area contributed by atoms with E-state index in [-0.39, 0.29) is 6.04 Å². The van der Waals surface area contributed by atoms with Gasteiger partial charge in [-0.25, -0.2) is 8.78 Å². The topological polar surface area (TPSA) is 26.0 Å². The molecule has 0 aliphatic carbocycles. The molecule has 15 heavy (non-hydrogen) atoms. The van der Waals surface area contributed by atoms with Gasteiger partial charge in [0.2, 0.25) is 0 Å². The summed E-state index contributed by atoms with van der Waals surface area (Å²) in [6.45, 7) is 2.06. The minimum absolute atomic E-state index is 0.182. The second-order valence-corrected chi connectivity index (χ2v) is 4.94. The van der Waals surface area contributed by atoms with Crippen LogP contribution in [0.4, 0.5) is 8.78 Å². The summed E-state index contributed by atoms with van der Waals surface area (Å²) in [6.07, 6.45) is 0.949. The van der Waals surface area contributed by atoms with Crippen LogP contribution in [0.5, 0.6) is 0 Å². The van der Waals surface area contributed by atoms with Crippen LogP contribution in [0.25, 0.3) is 0 Å². The van der Waals surface area contributed by atoms with Gasteiger partial charge in [-0.3, -0.25) is 0 Å². The first-order valence-corrected chi connectivity index (χ1v) is 6.04. The first kappa shape index (κ1) is 10.9. The molecule has 2 N–H and O–H groups in total. The molecule has 0 saturated carbocycles. The Kier molecular flexibility index (Phi) is 2.98. The molecule has 1 aromatic rings. The number of rotatable bonds is 1. The lowest BCUT2D eigenvalue weighted by atomic mass is 9.97. The lowest BCUT2D eigenvalue weighted by Crippen LogP contribution is -2.28. The van der Waals surface area contributed by atoms with Crippen LogP contribution in [-0.2, 0) is 5.75 Å². The van der Waals surface area contributed by atoms with E-state index in [1.807, 2.05) is 0 Å². The third kappa shape index (κ3) is 1.76. The minimum atomic E-state index is -0.781. The highest BCUT2D eigenvalue weighted by atomic mass is 32.2. The Morgan fingerprint density at radius 3 is 2.87 bits per heavy atom. The second-order valence-electron chi connectivity index (χ2n) is 3.71. The van der Waals surface area contributed by atoms with Gasteiger partial charge < -0.3 is 5.73 Å². The number of fused-ring (bicyclic) bond motifs is 1. The first-order chi connectivity index (χ1) is 7.15. The van der Waals surface area contributed by atoms with Gasteiger partial charge in [-0.2, -0.15) is 11.8 Å². The van der Waals surface area contributed by atoms with Crippen molar-refractivity contribution in [2.75, 3.05) is 0 Å². The van der Waals surface area contributed by atoms with E-state index in [1.165, 1.54) is 0 Å². The molecule has 0 radical (unpaired) electrons. The summed E-state index contributed by atoms with van der Waals surface area (Å²) in [5.74, 6) is -0.994. The van der Waals surface area contributed by atoms with Crippen molar-refractivity contribution >= 4 is 11.8 Å². The monoisotopic (exact) mass is 229 g/mol. The fourth-order valence-corrected chi connectivity index (χ4v) is 3.20. The van der Waals surface area contributed by atoms with E-state index in [9.17, 15) is 8.78 Å². The van der Waals surface area contributed by atoms with Gasteiger partial charge in [-0.05, 0) is 18.1 Å². The van der Waals surface area contributed by atoms with Crippen molar-refractivity contribution in [3.8, 4) is 0 Å². The maximum absolute atomic E-state index is 13.4. The average Bonchev–Trinajstić information content (AvgIpc) is 2.24. The normalized spacial score (nSPS) is 25.1. The van der Waals surface area contributed by atoms with Crippen LogP contribution in [-0.4, -0.2) is 5.25 Å². The number of halogens is 2. The molecule has 2 atom stereocenters. The van der Waals surface area contributed by atoms with Crippen LogP contribution in [0.3, 0.4) is 0 Å². The quantitative estimate of drug-likeness (QED) is 0.801. The van der Waals surface area contributed by atoms with Crippen molar-refractivity contribution in [2.24, 2.45) is 5.73 Å². The Morgan fingerprint density at radius 1 is 1.47 bits per heavy atom. The molecule has 82 valence electrons. The molecule has 1 nitrogen and oxygen atoms in total. The first-order valence-electron chi connectivity index (χ1n) is 4.99. The van der Waals surface area contributed by atoms with Gasteiger partial charge in [0, 0.05) is 22.6 Å². The number of thioether (sulfide) groups is 1. The van der Waals surface area contributed by atoms with Gasteiger partial charge in [0.15, 0.2) is 11.6 Å². The summed E-state index contributed by atoms with van der Waals surface area (Å²) in [5, 5.41) is 0.308. The molecule has 2 unspecified atom stereocenters. The van der Waals surface area contributed by atoms with Gasteiger partial charge in [-0.15, -0.1) is 0 Å². The molecule has 1 aromatic carbocycles. The van der Waals surface area contributed by atoms with Crippen LogP contribution < -0.4 is 5.73 Å². The molecule has 2 rings (SSSR count). The third-order valence-electron chi connectivity index (χ3n) is 2.84. The van der Waals surface area contributed by atoms with Crippen LogP contribution in [0.15, 0.2) is 12.1 Å². The molecule has 1 heterocycles. The predicted octanol–water partition coefficient (Wildman–Crippen LogP) is 2.99. The maximum Gasteiger partial charge on any atom is 0.163 e. The smallest absolute Gasteiger partial charge is 0.163 e. The lowest BCUT2D eigenvalue weighted by molar-refractivity contribution is 0.495. The Hall–Kier alpha value is -0.610. The van der Waals surface area contributed by atoms with Crippen LogP contribution in [0, 0.1) is 11.6 Å². The Balaban J connectivity index is 2.45. The van der Waals surface area contributed by atoms with Crippen molar-refractivity contribution in [3.05, 3.63) is 34.9 Å². The van der Waals surface area contributed by atoms with Crippen molar-refractivity contribution < 1.29 is 8.78 Å². The lowest BCUT2D eigenvalue weighted by Gasteiger charge is -2.30. The highest BCUT2D eigenvalue weighted by molar-refractivity contribution is 7.99. The van der Waals surface area contributed by atoms with Gasteiger partial charge in [0.25, 0.3) is 0 Å². The zero-order valence-electron chi connectivity index (χ0n) is 8.47. The molecule has 0 amide bonds. The Labute approximate surface area is 92.0 Å². The summed E-state index contributed by atoms with van der Waals surface area (Å²) in [5.41, 5.74) is 7.22. The molecule has 0 fully saturated rings. The molecule has 1 aliphatic rings. The van der Waals surface area contributed by atoms with Crippen molar-refractivity contribution in [1.29, 1.82) is 0 Å². The standard InChI is InChI=1S/C11H13F2NS/c1-2-9-11(14)6-3-4-8(12)10(13)7(6)5-15-9/h3-4,9,11H,2,5,14H2,1H3. The van der Waals surface area contributed by atoms with E-state index in [1.54, 1.807) is 17.8 Å². The van der Waals surface area contributed by atoms with Gasteiger partial charge in [-0.1, -0.05) is 13.0 Å². The van der Waals surface area contributed by atoms with Crippen LogP contribution in [0.1, 0.15) is 30.5 Å². The zero-order valence-corrected chi connectivity index (χ0v) is 9.28. The van der Waals surface area contributed by atoms with Crippen LogP contribution in [0.2, 0.25) is 0 Å². The maximum atomic E-state index is 13.4. The number of benzene rings is 1. The van der Waals surface area contributed by atoms with Gasteiger partial charge in [0.1, 0.15) is 0 Å². The van der Waals surface area contributed by atoms with Gasteiger partial charge >= 0.3 is 0 Å². The SMILES string of the molecule is CCC1SCc2c(ccc(F)c2F)C1N. The second kappa shape index (κ2) is 4.10. The summed E-state index contributed by atoms with van der Waals surface area (Å²) >= 11 is 1.61. The van der Waals surface area contributed by atoms with Gasteiger partial charge in [0.05, 0.1) is 0 Å². The van der Waals surface area contributed by atoms with E-state index in [0.29, 0.717) is 16.6 Å². The molecule has 0 saturated heterocycles. The summed E-state index contributed by atoms with van der Waals surface area (Å²) < 4.78 is 26.4. The highest BCUT2D eigenvalue weighted by Gasteiger charge is 2.28. The molecular formula is C11H13F2NS. The number of nitrogens with two attached hydrogens (primary N) is 1. The predicted molar refractivity (Wildman–Crippen MR) is 58.7 cm³/mol. The molecule has 0 spiro atoms. The van der Waals surface area contributed by atoms with E-state index in [2.05, 4.69) is 6.92 Å². The number of hydrogen-bond acceptors (Lipinski definition) is 2. The van der Waals surface area contributed by atoms with Crippen molar-refractivity contribution in [3.63, 3.8) is 0 Å². The summed E-state index contributed by atoms with van der Waals surface area (Å²) in [4.78, 5) is 0. The average molecular weight is 229 g/mol. The molecular weight excluding hydrogens is 216 g/mol. The summed E-state index contributed by atoms with van der Waals surface area (Å²) in [6, 6.07) is 2.59. The molecule has 0 aromatic heterocycles. The number of hydrogen-bond donors (Lipinski definition) is 1. The van der Waals surface area contributed by atoms with E-state index < -0.39 is 11.6 Å². The Morgan fingerprint density at radius 2 is 2.20 bits per heavy atom. The molecule has 0 bridgehead atoms. The zero-order chi connectivity index (χ0) is 11.0. The third-order valence-corrected chi connectivity index (χ3v) is 4.35. The molecule has 4 heteroatoms. The van der Waals surface area contributed by atoms with E-state index in [0.717, 1.165) is 18.1 Å². The fourth-order valence-electron chi connectivity index (χ4n) is 1.93. The van der Waals surface area contributed by atoms with Crippen molar-refractivity contribution in [1.82, 2.24) is 0 Å². The van der Waals surface area contributed by atoms with Crippen LogP contribution >= 0.6 is 11.8 Å². The largest absolute Gasteiger partial charge is 0.323 e. The summed E-state index contributed by atoms with van der Waals surface area (Å²) in [7, 11) is 0. The van der Waals surface area contributed by atoms with E-state index >= 15 is 0 Å². The molecule has 1 aliphatic heterocycles. The van der Waals surface area contributed by atoms with Crippen molar-refractivity contribution in [2.45, 2.75) is 30.4 Å². The highest BCUT2D eigenvalue weighted by Crippen LogP contribution is 2.39.